The third-order valence-corrected chi connectivity index (χ3v) is 2.98. The molecule has 0 bridgehead atoms. The molecule has 2 amide bonds. The maximum atomic E-state index is 11.9. The number of rotatable bonds is 3. The van der Waals surface area contributed by atoms with Crippen LogP contribution in [0.4, 0.5) is 10.5 Å². The van der Waals surface area contributed by atoms with E-state index < -0.39 is 6.09 Å². The number of hydrogen-bond acceptors (Lipinski definition) is 3. The van der Waals surface area contributed by atoms with Crippen LogP contribution in [0.3, 0.4) is 0 Å². The van der Waals surface area contributed by atoms with E-state index in [2.05, 4.69) is 10.1 Å². The van der Waals surface area contributed by atoms with Gasteiger partial charge in [-0.1, -0.05) is 18.2 Å². The lowest BCUT2D eigenvalue weighted by Gasteiger charge is -2.29. The molecule has 1 heterocycles. The molecule has 0 radical (unpaired) electrons. The van der Waals surface area contributed by atoms with Gasteiger partial charge in [-0.15, -0.1) is 0 Å². The highest BCUT2D eigenvalue weighted by atomic mass is 16.5. The minimum Gasteiger partial charge on any atom is -0.453 e. The lowest BCUT2D eigenvalue weighted by atomic mass is 10.0. The van der Waals surface area contributed by atoms with E-state index in [-0.39, 0.29) is 5.91 Å². The number of amides is 2. The molecule has 1 N–H and O–H groups in total. The van der Waals surface area contributed by atoms with Crippen molar-refractivity contribution in [2.45, 2.75) is 12.8 Å². The van der Waals surface area contributed by atoms with Gasteiger partial charge in [0.05, 0.1) is 7.11 Å². The van der Waals surface area contributed by atoms with E-state index in [0.717, 1.165) is 12.1 Å². The molecule has 1 aromatic rings. The summed E-state index contributed by atoms with van der Waals surface area (Å²) in [6.45, 7) is 0.845. The smallest absolute Gasteiger partial charge is 0.406 e. The van der Waals surface area contributed by atoms with Gasteiger partial charge in [-0.25, -0.2) is 4.79 Å². The predicted octanol–water partition coefficient (Wildman–Crippen LogP) is 1.32. The lowest BCUT2D eigenvalue weighted by Crippen LogP contribution is -2.41. The lowest BCUT2D eigenvalue weighted by molar-refractivity contribution is -0.118. The van der Waals surface area contributed by atoms with Gasteiger partial charge in [0.1, 0.15) is 0 Å². The summed E-state index contributed by atoms with van der Waals surface area (Å²) in [5.41, 5.74) is 2.12. The topological polar surface area (TPSA) is 58.6 Å². The second kappa shape index (κ2) is 5.53. The monoisotopic (exact) mass is 248 g/mol. The van der Waals surface area contributed by atoms with Crippen LogP contribution in [0, 0.1) is 0 Å². The number of carbonyl (C=O) groups excluding carboxylic acids is 2. The summed E-state index contributed by atoms with van der Waals surface area (Å²) in [5, 5.41) is 2.58. The zero-order valence-corrected chi connectivity index (χ0v) is 10.3. The van der Waals surface area contributed by atoms with Crippen molar-refractivity contribution in [1.29, 1.82) is 0 Å². The number of benzene rings is 1. The third-order valence-electron chi connectivity index (χ3n) is 2.98. The van der Waals surface area contributed by atoms with Gasteiger partial charge in [0.2, 0.25) is 5.91 Å². The highest BCUT2D eigenvalue weighted by Gasteiger charge is 2.23. The van der Waals surface area contributed by atoms with Crippen molar-refractivity contribution < 1.29 is 14.3 Å². The number of nitrogens with zero attached hydrogens (tertiary/aromatic N) is 1. The number of carbonyl (C=O) groups is 2. The Morgan fingerprint density at radius 2 is 2.17 bits per heavy atom. The number of methoxy groups -OCH3 is 1. The van der Waals surface area contributed by atoms with Gasteiger partial charge < -0.3 is 15.0 Å². The van der Waals surface area contributed by atoms with E-state index in [0.29, 0.717) is 19.5 Å². The highest BCUT2D eigenvalue weighted by Crippen LogP contribution is 2.26. The molecule has 0 atom stereocenters. The van der Waals surface area contributed by atoms with E-state index in [9.17, 15) is 9.59 Å². The summed E-state index contributed by atoms with van der Waals surface area (Å²) in [7, 11) is 1.32. The number of hydrogen-bond donors (Lipinski definition) is 1. The standard InChI is InChI=1S/C13H16N2O3/c1-18-13(17)14-8-9-15-11-5-3-2-4-10(11)6-7-12(15)16/h2-5H,6-9H2,1H3,(H,14,17). The van der Waals surface area contributed by atoms with Crippen LogP contribution in [-0.4, -0.2) is 32.2 Å². The van der Waals surface area contributed by atoms with Crippen molar-refractivity contribution >= 4 is 17.7 Å². The molecular formula is C13H16N2O3. The van der Waals surface area contributed by atoms with Crippen LogP contribution < -0.4 is 10.2 Å². The number of ether oxygens (including phenoxy) is 1. The van der Waals surface area contributed by atoms with Crippen molar-refractivity contribution in [3.8, 4) is 0 Å². The molecule has 0 aromatic heterocycles. The molecule has 5 nitrogen and oxygen atoms in total. The molecule has 1 aromatic carbocycles. The van der Waals surface area contributed by atoms with E-state index in [1.54, 1.807) is 4.90 Å². The van der Waals surface area contributed by atoms with Crippen LogP contribution in [0.1, 0.15) is 12.0 Å². The fraction of sp³-hybridized carbons (Fsp3) is 0.385. The Labute approximate surface area is 106 Å². The summed E-state index contributed by atoms with van der Waals surface area (Å²) in [6, 6.07) is 7.85. The Morgan fingerprint density at radius 3 is 2.94 bits per heavy atom. The summed E-state index contributed by atoms with van der Waals surface area (Å²) in [5.74, 6) is 0.0976. The van der Waals surface area contributed by atoms with Gasteiger partial charge >= 0.3 is 6.09 Å². The molecule has 0 spiro atoms. The molecule has 5 heteroatoms. The normalized spacial score (nSPS) is 14.1. The maximum absolute atomic E-state index is 11.9. The van der Waals surface area contributed by atoms with Crippen LogP contribution in [0.15, 0.2) is 24.3 Å². The summed E-state index contributed by atoms with van der Waals surface area (Å²) in [4.78, 5) is 24.5. The number of anilines is 1. The number of alkyl carbamates (subject to hydrolysis) is 1. The first-order chi connectivity index (χ1) is 8.72. The van der Waals surface area contributed by atoms with Gasteiger partial charge in [0, 0.05) is 25.2 Å². The van der Waals surface area contributed by atoms with Crippen LogP contribution in [0.2, 0.25) is 0 Å². The SMILES string of the molecule is COC(=O)NCCN1C(=O)CCc2ccccc21. The number of fused-ring (bicyclic) bond motifs is 1. The minimum absolute atomic E-state index is 0.0976. The van der Waals surface area contributed by atoms with Gasteiger partial charge in [0.15, 0.2) is 0 Å². The molecule has 0 aliphatic carbocycles. The molecule has 96 valence electrons. The maximum Gasteiger partial charge on any atom is 0.406 e. The second-order valence-corrected chi connectivity index (χ2v) is 4.09. The Morgan fingerprint density at radius 1 is 1.39 bits per heavy atom. The predicted molar refractivity (Wildman–Crippen MR) is 67.5 cm³/mol. The molecule has 0 unspecified atom stereocenters. The first kappa shape index (κ1) is 12.4. The molecule has 0 saturated heterocycles. The molecule has 18 heavy (non-hydrogen) atoms. The molecule has 1 aliphatic heterocycles. The average molecular weight is 248 g/mol. The van der Waals surface area contributed by atoms with Crippen molar-refractivity contribution in [1.82, 2.24) is 5.32 Å². The summed E-state index contributed by atoms with van der Waals surface area (Å²) < 4.78 is 4.48. The average Bonchev–Trinajstić information content (AvgIpc) is 2.41. The zero-order valence-electron chi connectivity index (χ0n) is 10.3. The molecule has 0 saturated carbocycles. The Bertz CT molecular complexity index is 459. The third kappa shape index (κ3) is 2.61. The Kier molecular flexibility index (Phi) is 3.82. The van der Waals surface area contributed by atoms with E-state index in [1.165, 1.54) is 12.7 Å². The Hall–Kier alpha value is -2.04. The second-order valence-electron chi connectivity index (χ2n) is 4.09. The fourth-order valence-corrected chi connectivity index (χ4v) is 2.08. The zero-order chi connectivity index (χ0) is 13.0. The quantitative estimate of drug-likeness (QED) is 0.877. The van der Waals surface area contributed by atoms with Crippen molar-refractivity contribution in [2.75, 3.05) is 25.1 Å². The van der Waals surface area contributed by atoms with Crippen LogP contribution in [-0.2, 0) is 16.0 Å². The summed E-state index contributed by atoms with van der Waals surface area (Å²) in [6.07, 6.45) is 0.832. The fourth-order valence-electron chi connectivity index (χ4n) is 2.08. The largest absolute Gasteiger partial charge is 0.453 e. The minimum atomic E-state index is -0.479. The Balaban J connectivity index is 2.03. The van der Waals surface area contributed by atoms with E-state index >= 15 is 0 Å². The number of aryl methyl sites for hydroxylation is 1. The van der Waals surface area contributed by atoms with Gasteiger partial charge in [-0.05, 0) is 18.1 Å². The first-order valence-electron chi connectivity index (χ1n) is 5.92. The number of para-hydroxylation sites is 1. The summed E-state index contributed by atoms with van der Waals surface area (Å²) >= 11 is 0. The molecule has 2 rings (SSSR count). The van der Waals surface area contributed by atoms with Gasteiger partial charge in [-0.3, -0.25) is 4.79 Å². The molecular weight excluding hydrogens is 232 g/mol. The van der Waals surface area contributed by atoms with Crippen LogP contribution >= 0.6 is 0 Å². The van der Waals surface area contributed by atoms with E-state index in [4.69, 9.17) is 0 Å². The van der Waals surface area contributed by atoms with Crippen LogP contribution in [0.25, 0.3) is 0 Å². The van der Waals surface area contributed by atoms with Gasteiger partial charge in [0.25, 0.3) is 0 Å². The van der Waals surface area contributed by atoms with E-state index in [1.807, 2.05) is 24.3 Å². The molecule has 1 aliphatic rings. The first-order valence-corrected chi connectivity index (χ1v) is 5.92. The highest BCUT2D eigenvalue weighted by molar-refractivity contribution is 5.96. The van der Waals surface area contributed by atoms with Gasteiger partial charge in [-0.2, -0.15) is 0 Å². The van der Waals surface area contributed by atoms with Crippen molar-refractivity contribution in [3.05, 3.63) is 29.8 Å². The number of nitrogens with one attached hydrogen (secondary N) is 1. The van der Waals surface area contributed by atoms with Crippen molar-refractivity contribution in [2.24, 2.45) is 0 Å². The molecule has 0 fully saturated rings. The van der Waals surface area contributed by atoms with Crippen LogP contribution in [0.5, 0.6) is 0 Å². The van der Waals surface area contributed by atoms with Crippen molar-refractivity contribution in [3.63, 3.8) is 0 Å².